The molecule has 4 N–H and O–H groups in total. The third-order valence-electron chi connectivity index (χ3n) is 12.2. The number of pyridine rings is 2. The summed E-state index contributed by atoms with van der Waals surface area (Å²) >= 11 is 6.24. The SMILES string of the molecule is CC[C@@]1(O)C(=O)OCc2c1cc1n(c2=O)Cc2c-1nc1cc(F)c(Cl)cc1c2CNC(=O)[C@@H](OCNC(=O)[C@H](C)NC(=O)OCC1c2ccccc2-c2ccccc21)C1CC1. The highest BCUT2D eigenvalue weighted by molar-refractivity contribution is 6.31. The lowest BCUT2D eigenvalue weighted by atomic mass is 9.86. The van der Waals surface area contributed by atoms with Crippen LogP contribution in [-0.4, -0.2) is 64.0 Å². The van der Waals surface area contributed by atoms with Gasteiger partial charge in [0, 0.05) is 35.0 Å². The molecule has 0 radical (unpaired) electrons. The third kappa shape index (κ3) is 7.09. The van der Waals surface area contributed by atoms with Gasteiger partial charge in [0.2, 0.25) is 11.8 Å². The number of rotatable bonds is 12. The average Bonchev–Trinajstić information content (AvgIpc) is 3.96. The van der Waals surface area contributed by atoms with E-state index in [0.29, 0.717) is 27.9 Å². The van der Waals surface area contributed by atoms with Crippen LogP contribution in [0.2, 0.25) is 5.02 Å². The van der Waals surface area contributed by atoms with Crippen molar-refractivity contribution in [2.75, 3.05) is 13.3 Å². The second-order valence-electron chi connectivity index (χ2n) is 15.8. The number of nitrogens with one attached hydrogen (secondary N) is 3. The summed E-state index contributed by atoms with van der Waals surface area (Å²) in [7, 11) is 0. The summed E-state index contributed by atoms with van der Waals surface area (Å²) < 4.78 is 33.0. The van der Waals surface area contributed by atoms with Crippen molar-refractivity contribution in [3.05, 3.63) is 121 Å². The first kappa shape index (κ1) is 40.3. The monoisotopic (exact) mass is 849 g/mol. The summed E-state index contributed by atoms with van der Waals surface area (Å²) in [6.45, 7) is 2.55. The summed E-state index contributed by atoms with van der Waals surface area (Å²) in [4.78, 5) is 70.8. The maximum absolute atomic E-state index is 14.8. The van der Waals surface area contributed by atoms with Crippen LogP contribution >= 0.6 is 11.6 Å². The number of hydrogen-bond acceptors (Lipinski definition) is 10. The second-order valence-corrected chi connectivity index (χ2v) is 16.2. The molecule has 2 aliphatic heterocycles. The van der Waals surface area contributed by atoms with E-state index in [4.69, 9.17) is 30.8 Å². The Bertz CT molecular complexity index is 2690. The molecule has 3 amide bonds. The van der Waals surface area contributed by atoms with Crippen LogP contribution in [0.15, 0.2) is 71.5 Å². The van der Waals surface area contributed by atoms with Gasteiger partial charge in [0.15, 0.2) is 5.60 Å². The number of ether oxygens (including phenoxy) is 3. The van der Waals surface area contributed by atoms with E-state index in [-0.39, 0.29) is 73.0 Å². The molecule has 0 saturated heterocycles. The Balaban J connectivity index is 0.857. The Hall–Kier alpha value is -6.16. The Morgan fingerprint density at radius 3 is 2.41 bits per heavy atom. The van der Waals surface area contributed by atoms with Crippen molar-refractivity contribution in [3.8, 4) is 22.5 Å². The quantitative estimate of drug-likeness (QED) is 0.0932. The Morgan fingerprint density at radius 2 is 1.72 bits per heavy atom. The molecule has 5 aromatic rings. The Kier molecular flexibility index (Phi) is 10.4. The van der Waals surface area contributed by atoms with Crippen molar-refractivity contribution in [1.82, 2.24) is 25.5 Å². The first-order valence-corrected chi connectivity index (χ1v) is 20.5. The van der Waals surface area contributed by atoms with Crippen LogP contribution in [0.25, 0.3) is 33.4 Å². The van der Waals surface area contributed by atoms with Crippen molar-refractivity contribution in [3.63, 3.8) is 0 Å². The van der Waals surface area contributed by atoms with E-state index in [1.807, 2.05) is 48.5 Å². The Labute approximate surface area is 353 Å². The number of halogens is 2. The molecule has 14 nitrogen and oxygen atoms in total. The number of nitrogens with zero attached hydrogens (tertiary/aromatic N) is 2. The van der Waals surface area contributed by atoms with Crippen LogP contribution < -0.4 is 21.5 Å². The Morgan fingerprint density at radius 1 is 1.02 bits per heavy atom. The molecule has 2 aromatic heterocycles. The molecule has 4 heterocycles. The number of hydrogen-bond donors (Lipinski definition) is 4. The molecule has 4 aliphatic rings. The molecule has 3 aromatic carbocycles. The number of aromatic nitrogens is 2. The van der Waals surface area contributed by atoms with Crippen LogP contribution in [0.1, 0.15) is 72.4 Å². The lowest BCUT2D eigenvalue weighted by Gasteiger charge is -2.31. The molecule has 314 valence electrons. The van der Waals surface area contributed by atoms with Crippen molar-refractivity contribution in [1.29, 1.82) is 0 Å². The summed E-state index contributed by atoms with van der Waals surface area (Å²) in [5, 5.41) is 19.7. The molecule has 2 aliphatic carbocycles. The minimum atomic E-state index is -2.03. The van der Waals surface area contributed by atoms with E-state index in [0.717, 1.165) is 35.1 Å². The summed E-state index contributed by atoms with van der Waals surface area (Å²) in [5.74, 6) is -2.82. The number of benzene rings is 3. The van der Waals surface area contributed by atoms with E-state index in [1.165, 1.54) is 23.6 Å². The molecule has 61 heavy (non-hydrogen) atoms. The minimum Gasteiger partial charge on any atom is -0.458 e. The minimum absolute atomic E-state index is 0.0359. The molecule has 0 spiro atoms. The lowest BCUT2D eigenvalue weighted by Crippen LogP contribution is -2.47. The van der Waals surface area contributed by atoms with Gasteiger partial charge >= 0.3 is 12.1 Å². The average molecular weight is 850 g/mol. The predicted octanol–water partition coefficient (Wildman–Crippen LogP) is 5.28. The highest BCUT2D eigenvalue weighted by atomic mass is 35.5. The topological polar surface area (TPSA) is 187 Å². The number of amides is 3. The summed E-state index contributed by atoms with van der Waals surface area (Å²) in [6, 6.07) is 19.1. The smallest absolute Gasteiger partial charge is 0.407 e. The van der Waals surface area contributed by atoms with Gasteiger partial charge in [-0.05, 0) is 72.1 Å². The zero-order valence-electron chi connectivity index (χ0n) is 33.2. The standard InChI is InChI=1S/C45H41ClFN5O9/c1-3-45(58)33-15-37-38-30(18-52(37)42(55)32(33)20-59-43(45)56)29(28-14-34(46)35(47)16-36(28)51-38)17-48-41(54)39(23-12-13-23)61-21-49-40(53)22(2)50-44(57)60-19-31-26-10-6-4-8-24(26)25-9-5-7-11-27(25)31/h4-11,14-16,22-23,31,39,58H,3,12-13,17-21H2,1-2H3,(H,48,54)(H,49,53)(H,50,57)/t22-,39-,45-/m0/s1. The first-order chi connectivity index (χ1) is 29.4. The van der Waals surface area contributed by atoms with Crippen LogP contribution in [0.4, 0.5) is 9.18 Å². The first-order valence-electron chi connectivity index (χ1n) is 20.1. The number of aliphatic hydroxyl groups is 1. The highest BCUT2D eigenvalue weighted by Crippen LogP contribution is 2.45. The van der Waals surface area contributed by atoms with E-state index in [2.05, 4.69) is 16.0 Å². The summed E-state index contributed by atoms with van der Waals surface area (Å²) in [5.41, 5.74) is 4.06. The van der Waals surface area contributed by atoms with Crippen molar-refractivity contribution >= 4 is 46.4 Å². The molecule has 0 bridgehead atoms. The molecule has 0 unspecified atom stereocenters. The lowest BCUT2D eigenvalue weighted by molar-refractivity contribution is -0.172. The van der Waals surface area contributed by atoms with E-state index in [1.54, 1.807) is 13.0 Å². The van der Waals surface area contributed by atoms with Crippen LogP contribution in [0.5, 0.6) is 0 Å². The van der Waals surface area contributed by atoms with Gasteiger partial charge < -0.3 is 39.8 Å². The fourth-order valence-electron chi connectivity index (χ4n) is 8.70. The van der Waals surface area contributed by atoms with Gasteiger partial charge in [0.05, 0.1) is 34.0 Å². The van der Waals surface area contributed by atoms with Gasteiger partial charge in [0.1, 0.15) is 37.9 Å². The maximum Gasteiger partial charge on any atom is 0.407 e. The largest absolute Gasteiger partial charge is 0.458 e. The molecular weight excluding hydrogens is 809 g/mol. The number of cyclic esters (lactones) is 1. The van der Waals surface area contributed by atoms with E-state index >= 15 is 0 Å². The van der Waals surface area contributed by atoms with Crippen molar-refractivity contribution in [2.45, 2.75) is 76.5 Å². The van der Waals surface area contributed by atoms with Crippen LogP contribution in [-0.2, 0) is 53.9 Å². The predicted molar refractivity (Wildman–Crippen MR) is 220 cm³/mol. The van der Waals surface area contributed by atoms with Gasteiger partial charge in [-0.15, -0.1) is 0 Å². The molecular formula is C45H41ClFN5O9. The highest BCUT2D eigenvalue weighted by Gasteiger charge is 2.46. The van der Waals surface area contributed by atoms with Crippen molar-refractivity contribution in [2.24, 2.45) is 5.92 Å². The third-order valence-corrected chi connectivity index (χ3v) is 12.5. The fraction of sp³-hybridized carbons (Fsp3) is 0.333. The fourth-order valence-corrected chi connectivity index (χ4v) is 8.86. The molecule has 16 heteroatoms. The van der Waals surface area contributed by atoms with Crippen LogP contribution in [0, 0.1) is 11.7 Å². The number of fused-ring (bicyclic) bond motifs is 8. The normalized spacial score (nSPS) is 18.2. The number of esters is 1. The van der Waals surface area contributed by atoms with Gasteiger partial charge in [-0.2, -0.15) is 0 Å². The van der Waals surface area contributed by atoms with E-state index in [9.17, 15) is 33.5 Å². The molecule has 1 saturated carbocycles. The summed E-state index contributed by atoms with van der Waals surface area (Å²) in [6.07, 6.45) is -0.255. The molecule has 3 atom stereocenters. The second kappa shape index (κ2) is 15.7. The van der Waals surface area contributed by atoms with Gasteiger partial charge in [-0.25, -0.2) is 19.0 Å². The van der Waals surface area contributed by atoms with Gasteiger partial charge in [0.25, 0.3) is 5.56 Å². The zero-order valence-corrected chi connectivity index (χ0v) is 33.9. The zero-order chi connectivity index (χ0) is 42.7. The number of alkyl carbamates (subject to hydrolysis) is 1. The maximum atomic E-state index is 14.8. The van der Waals surface area contributed by atoms with Crippen LogP contribution in [0.3, 0.4) is 0 Å². The molecule has 9 rings (SSSR count). The van der Waals surface area contributed by atoms with Gasteiger partial charge in [-0.3, -0.25) is 14.4 Å². The number of carbonyl (C=O) groups excluding carboxylic acids is 4. The van der Waals surface area contributed by atoms with E-state index < -0.39 is 53.0 Å². The number of carbonyl (C=O) groups is 4. The van der Waals surface area contributed by atoms with Gasteiger partial charge in [-0.1, -0.05) is 67.1 Å². The molecule has 1 fully saturated rings. The van der Waals surface area contributed by atoms with Crippen molar-refractivity contribution < 1.29 is 42.9 Å².